The molecule has 2 aromatic rings. The van der Waals surface area contributed by atoms with Crippen molar-refractivity contribution in [2.75, 3.05) is 18.0 Å². The summed E-state index contributed by atoms with van der Waals surface area (Å²) in [6.45, 7) is 9.13. The van der Waals surface area contributed by atoms with Crippen LogP contribution in [0.3, 0.4) is 0 Å². The van der Waals surface area contributed by atoms with E-state index in [1.807, 2.05) is 0 Å². The van der Waals surface area contributed by atoms with Gasteiger partial charge in [-0.3, -0.25) is 0 Å². The van der Waals surface area contributed by atoms with Gasteiger partial charge in [0.2, 0.25) is 0 Å². The molecule has 2 N–H and O–H groups in total. The number of anilines is 1. The summed E-state index contributed by atoms with van der Waals surface area (Å²) in [5.41, 5.74) is 12.3. The van der Waals surface area contributed by atoms with Gasteiger partial charge in [-0.15, -0.1) is 0 Å². The molecule has 0 radical (unpaired) electrons. The lowest BCUT2D eigenvalue weighted by atomic mass is 10.0. The third kappa shape index (κ3) is 4.33. The number of hydrogen-bond donors (Lipinski definition) is 1. The van der Waals surface area contributed by atoms with Crippen molar-refractivity contribution in [2.24, 2.45) is 5.73 Å². The van der Waals surface area contributed by atoms with Crippen LogP contribution in [0.2, 0.25) is 0 Å². The largest absolute Gasteiger partial charge is 0.367 e. The first-order valence-electron chi connectivity index (χ1n) is 7.68. The Balaban J connectivity index is 2.23. The van der Waals surface area contributed by atoms with Crippen molar-refractivity contribution < 1.29 is 0 Å². The second kappa shape index (κ2) is 7.28. The summed E-state index contributed by atoms with van der Waals surface area (Å²) in [5, 5.41) is 0. The Kier molecular flexibility index (Phi) is 5.40. The van der Waals surface area contributed by atoms with Crippen molar-refractivity contribution in [1.29, 1.82) is 0 Å². The number of hydrogen-bond acceptors (Lipinski definition) is 2. The van der Waals surface area contributed by atoms with E-state index in [-0.39, 0.29) is 0 Å². The molecule has 0 atom stereocenters. The number of benzene rings is 2. The SMILES string of the molecule is Cc1ccc(N(CCCN)Cc2cc(C)ccc2C)cc1. The maximum atomic E-state index is 5.70. The molecular weight excluding hydrogens is 256 g/mol. The molecular formula is C19H26N2. The molecule has 21 heavy (non-hydrogen) atoms. The molecule has 0 aliphatic carbocycles. The van der Waals surface area contributed by atoms with Crippen molar-refractivity contribution in [1.82, 2.24) is 0 Å². The molecule has 0 bridgehead atoms. The van der Waals surface area contributed by atoms with Crippen LogP contribution in [0.5, 0.6) is 0 Å². The fourth-order valence-electron chi connectivity index (χ4n) is 2.51. The normalized spacial score (nSPS) is 10.7. The van der Waals surface area contributed by atoms with Crippen molar-refractivity contribution in [3.05, 3.63) is 64.7 Å². The van der Waals surface area contributed by atoms with Crippen LogP contribution in [0.1, 0.15) is 28.7 Å². The van der Waals surface area contributed by atoms with Crippen LogP contribution < -0.4 is 10.6 Å². The molecule has 2 rings (SSSR count). The summed E-state index contributed by atoms with van der Waals surface area (Å²) in [4.78, 5) is 2.42. The van der Waals surface area contributed by atoms with E-state index in [0.717, 1.165) is 26.1 Å². The highest BCUT2D eigenvalue weighted by molar-refractivity contribution is 5.48. The van der Waals surface area contributed by atoms with Gasteiger partial charge in [-0.25, -0.2) is 0 Å². The van der Waals surface area contributed by atoms with Gasteiger partial charge in [-0.05, 0) is 57.0 Å². The van der Waals surface area contributed by atoms with E-state index < -0.39 is 0 Å². The molecule has 2 aromatic carbocycles. The number of aryl methyl sites for hydroxylation is 3. The quantitative estimate of drug-likeness (QED) is 0.868. The van der Waals surface area contributed by atoms with Crippen molar-refractivity contribution >= 4 is 5.69 Å². The fourth-order valence-corrected chi connectivity index (χ4v) is 2.51. The minimum Gasteiger partial charge on any atom is -0.367 e. The molecule has 112 valence electrons. The Morgan fingerprint density at radius 1 is 0.905 bits per heavy atom. The lowest BCUT2D eigenvalue weighted by Crippen LogP contribution is -2.26. The summed E-state index contributed by atoms with van der Waals surface area (Å²) in [5.74, 6) is 0. The minimum atomic E-state index is 0.731. The van der Waals surface area contributed by atoms with Crippen molar-refractivity contribution in [3.8, 4) is 0 Å². The first-order valence-corrected chi connectivity index (χ1v) is 7.68. The van der Waals surface area contributed by atoms with Gasteiger partial charge in [0, 0.05) is 18.8 Å². The molecule has 2 nitrogen and oxygen atoms in total. The molecule has 0 amide bonds. The molecule has 0 fully saturated rings. The first kappa shape index (κ1) is 15.6. The average Bonchev–Trinajstić information content (AvgIpc) is 2.48. The number of nitrogens with zero attached hydrogens (tertiary/aromatic N) is 1. The van der Waals surface area contributed by atoms with Gasteiger partial charge in [0.25, 0.3) is 0 Å². The molecule has 0 saturated carbocycles. The van der Waals surface area contributed by atoms with Gasteiger partial charge in [-0.1, -0.05) is 41.5 Å². The second-order valence-corrected chi connectivity index (χ2v) is 5.83. The average molecular weight is 282 g/mol. The van der Waals surface area contributed by atoms with Crippen LogP contribution in [0.4, 0.5) is 5.69 Å². The third-order valence-corrected chi connectivity index (χ3v) is 3.90. The lowest BCUT2D eigenvalue weighted by molar-refractivity contribution is 0.733. The van der Waals surface area contributed by atoms with E-state index in [2.05, 4.69) is 68.1 Å². The zero-order valence-electron chi connectivity index (χ0n) is 13.4. The highest BCUT2D eigenvalue weighted by Crippen LogP contribution is 2.20. The van der Waals surface area contributed by atoms with Gasteiger partial charge in [-0.2, -0.15) is 0 Å². The maximum Gasteiger partial charge on any atom is 0.0432 e. The van der Waals surface area contributed by atoms with E-state index in [4.69, 9.17) is 5.73 Å². The summed E-state index contributed by atoms with van der Waals surface area (Å²) in [6.07, 6.45) is 1.01. The highest BCUT2D eigenvalue weighted by atomic mass is 15.1. The number of nitrogens with two attached hydrogens (primary N) is 1. The van der Waals surface area contributed by atoms with Crippen LogP contribution in [0.15, 0.2) is 42.5 Å². The smallest absolute Gasteiger partial charge is 0.0432 e. The molecule has 0 saturated heterocycles. The number of rotatable bonds is 6. The zero-order valence-corrected chi connectivity index (χ0v) is 13.4. The predicted octanol–water partition coefficient (Wildman–Crippen LogP) is 3.97. The van der Waals surface area contributed by atoms with Crippen molar-refractivity contribution in [2.45, 2.75) is 33.7 Å². The zero-order chi connectivity index (χ0) is 15.2. The van der Waals surface area contributed by atoms with Gasteiger partial charge in [0.05, 0.1) is 0 Å². The van der Waals surface area contributed by atoms with Crippen LogP contribution in [-0.4, -0.2) is 13.1 Å². The van der Waals surface area contributed by atoms with E-state index >= 15 is 0 Å². The third-order valence-electron chi connectivity index (χ3n) is 3.90. The van der Waals surface area contributed by atoms with Gasteiger partial charge < -0.3 is 10.6 Å². The summed E-state index contributed by atoms with van der Waals surface area (Å²) >= 11 is 0. The Morgan fingerprint density at radius 3 is 2.24 bits per heavy atom. The van der Waals surface area contributed by atoms with Crippen LogP contribution >= 0.6 is 0 Å². The van der Waals surface area contributed by atoms with Gasteiger partial charge in [0.1, 0.15) is 0 Å². The molecule has 0 aromatic heterocycles. The Labute approximate surface area is 128 Å². The minimum absolute atomic E-state index is 0.731. The molecule has 2 heteroatoms. The van der Waals surface area contributed by atoms with Crippen LogP contribution in [0.25, 0.3) is 0 Å². The summed E-state index contributed by atoms with van der Waals surface area (Å²) in [6, 6.07) is 15.4. The topological polar surface area (TPSA) is 29.3 Å². The molecule has 0 spiro atoms. The second-order valence-electron chi connectivity index (χ2n) is 5.83. The highest BCUT2D eigenvalue weighted by Gasteiger charge is 2.09. The Morgan fingerprint density at radius 2 is 1.57 bits per heavy atom. The first-order chi connectivity index (χ1) is 10.1. The van der Waals surface area contributed by atoms with E-state index in [0.29, 0.717) is 0 Å². The maximum absolute atomic E-state index is 5.70. The van der Waals surface area contributed by atoms with Crippen LogP contribution in [-0.2, 0) is 6.54 Å². The standard InChI is InChI=1S/C19H26N2/c1-15-6-9-19(10-7-15)21(12-4-11-20)14-18-13-16(2)5-8-17(18)3/h5-10,13H,4,11-12,14,20H2,1-3H3. The van der Waals surface area contributed by atoms with Crippen LogP contribution in [0, 0.1) is 20.8 Å². The molecule has 0 unspecified atom stereocenters. The molecule has 0 heterocycles. The lowest BCUT2D eigenvalue weighted by Gasteiger charge is -2.26. The molecule has 0 aliphatic rings. The van der Waals surface area contributed by atoms with Gasteiger partial charge in [0.15, 0.2) is 0 Å². The monoisotopic (exact) mass is 282 g/mol. The Bertz CT molecular complexity index is 573. The van der Waals surface area contributed by atoms with E-state index in [1.54, 1.807) is 0 Å². The van der Waals surface area contributed by atoms with E-state index in [9.17, 15) is 0 Å². The Hall–Kier alpha value is -1.80. The van der Waals surface area contributed by atoms with Gasteiger partial charge >= 0.3 is 0 Å². The predicted molar refractivity (Wildman–Crippen MR) is 91.8 cm³/mol. The van der Waals surface area contributed by atoms with E-state index in [1.165, 1.54) is 27.9 Å². The summed E-state index contributed by atoms with van der Waals surface area (Å²) < 4.78 is 0. The van der Waals surface area contributed by atoms with Crippen molar-refractivity contribution in [3.63, 3.8) is 0 Å². The summed E-state index contributed by atoms with van der Waals surface area (Å²) in [7, 11) is 0. The molecule has 0 aliphatic heterocycles. The fraction of sp³-hybridized carbons (Fsp3) is 0.368.